The van der Waals surface area contributed by atoms with Crippen molar-refractivity contribution in [1.29, 1.82) is 5.26 Å². The second kappa shape index (κ2) is 6.36. The van der Waals surface area contributed by atoms with Crippen LogP contribution in [0.1, 0.15) is 20.9 Å². The van der Waals surface area contributed by atoms with E-state index in [4.69, 9.17) is 9.84 Å². The van der Waals surface area contributed by atoms with Crippen molar-refractivity contribution >= 4 is 23.0 Å². The van der Waals surface area contributed by atoms with Crippen LogP contribution >= 0.6 is 11.3 Å². The van der Waals surface area contributed by atoms with Crippen molar-refractivity contribution in [2.75, 3.05) is 31.2 Å². The van der Waals surface area contributed by atoms with Gasteiger partial charge in [0.2, 0.25) is 0 Å². The van der Waals surface area contributed by atoms with Gasteiger partial charge in [-0.15, -0.1) is 11.3 Å². The molecule has 1 aromatic carbocycles. The quantitative estimate of drug-likeness (QED) is 0.931. The Kier molecular flexibility index (Phi) is 4.28. The molecule has 118 valence electrons. The van der Waals surface area contributed by atoms with Crippen LogP contribution in [0, 0.1) is 18.3 Å². The number of morpholine rings is 1. The van der Waals surface area contributed by atoms with E-state index < -0.39 is 5.97 Å². The van der Waals surface area contributed by atoms with Gasteiger partial charge in [-0.2, -0.15) is 5.26 Å². The molecule has 0 atom stereocenters. The molecule has 0 bridgehead atoms. The molecular weight excluding hydrogens is 314 g/mol. The largest absolute Gasteiger partial charge is 0.477 e. The lowest BCUT2D eigenvalue weighted by Crippen LogP contribution is -2.36. The van der Waals surface area contributed by atoms with E-state index in [1.54, 1.807) is 13.0 Å². The fraction of sp³-hybridized carbons (Fsp3) is 0.312. The van der Waals surface area contributed by atoms with Gasteiger partial charge in [-0.3, -0.25) is 0 Å². The number of nitrogens with zero attached hydrogens (tertiary/aromatic N) is 3. The normalized spacial score (nSPS) is 14.5. The number of carboxylic acids is 1. The first kappa shape index (κ1) is 15.5. The lowest BCUT2D eigenvalue weighted by atomic mass is 10.1. The highest BCUT2D eigenvalue weighted by molar-refractivity contribution is 7.17. The first-order valence-corrected chi connectivity index (χ1v) is 7.99. The molecule has 2 heterocycles. The van der Waals surface area contributed by atoms with Crippen LogP contribution in [0.15, 0.2) is 18.2 Å². The number of anilines is 1. The Hall–Kier alpha value is -2.43. The summed E-state index contributed by atoms with van der Waals surface area (Å²) in [6.45, 7) is 4.50. The molecule has 0 radical (unpaired) electrons. The molecule has 23 heavy (non-hydrogen) atoms. The van der Waals surface area contributed by atoms with Gasteiger partial charge in [0.15, 0.2) is 0 Å². The monoisotopic (exact) mass is 329 g/mol. The molecule has 2 aromatic rings. The number of hydrogen-bond donors (Lipinski definition) is 1. The Bertz CT molecular complexity index is 788. The summed E-state index contributed by atoms with van der Waals surface area (Å²) in [4.78, 5) is 17.8. The summed E-state index contributed by atoms with van der Waals surface area (Å²) in [5.74, 6) is -0.975. The van der Waals surface area contributed by atoms with Crippen LogP contribution in [0.3, 0.4) is 0 Å². The zero-order chi connectivity index (χ0) is 16.4. The highest BCUT2D eigenvalue weighted by Gasteiger charge is 2.18. The van der Waals surface area contributed by atoms with Gasteiger partial charge in [0.05, 0.1) is 30.2 Å². The number of aromatic nitrogens is 1. The minimum absolute atomic E-state index is 0.232. The molecule has 7 heteroatoms. The molecule has 6 nitrogen and oxygen atoms in total. The number of benzene rings is 1. The van der Waals surface area contributed by atoms with Crippen molar-refractivity contribution in [3.05, 3.63) is 34.3 Å². The fourth-order valence-electron chi connectivity index (χ4n) is 2.56. The highest BCUT2D eigenvalue weighted by Crippen LogP contribution is 2.31. The first-order valence-electron chi connectivity index (χ1n) is 7.18. The molecule has 0 aliphatic carbocycles. The average Bonchev–Trinajstić information content (AvgIpc) is 2.97. The van der Waals surface area contributed by atoms with Gasteiger partial charge in [0, 0.05) is 18.7 Å². The summed E-state index contributed by atoms with van der Waals surface area (Å²) in [7, 11) is 0. The Balaban J connectivity index is 1.97. The molecular formula is C16H15N3O3S. The number of ether oxygens (including phenoxy) is 1. The van der Waals surface area contributed by atoms with E-state index in [9.17, 15) is 10.1 Å². The van der Waals surface area contributed by atoms with Crippen molar-refractivity contribution in [2.24, 2.45) is 0 Å². The van der Waals surface area contributed by atoms with E-state index in [-0.39, 0.29) is 4.88 Å². The van der Waals surface area contributed by atoms with Gasteiger partial charge in [-0.05, 0) is 25.1 Å². The molecule has 1 aromatic heterocycles. The molecule has 1 saturated heterocycles. The highest BCUT2D eigenvalue weighted by atomic mass is 32.1. The minimum Gasteiger partial charge on any atom is -0.477 e. The predicted molar refractivity (Wildman–Crippen MR) is 87.0 cm³/mol. The number of carbonyl (C=O) groups is 1. The lowest BCUT2D eigenvalue weighted by molar-refractivity contribution is 0.0701. The minimum atomic E-state index is -0.975. The van der Waals surface area contributed by atoms with Gasteiger partial charge < -0.3 is 14.7 Å². The van der Waals surface area contributed by atoms with Crippen LogP contribution in [0.2, 0.25) is 0 Å². The fourth-order valence-corrected chi connectivity index (χ4v) is 3.46. The Labute approximate surface area is 137 Å². The zero-order valence-electron chi connectivity index (χ0n) is 12.6. The summed E-state index contributed by atoms with van der Waals surface area (Å²) in [5.41, 5.74) is 2.70. The van der Waals surface area contributed by atoms with E-state index in [2.05, 4.69) is 16.0 Å². The van der Waals surface area contributed by atoms with Gasteiger partial charge in [-0.1, -0.05) is 0 Å². The lowest BCUT2D eigenvalue weighted by Gasteiger charge is -2.29. The third kappa shape index (κ3) is 3.04. The van der Waals surface area contributed by atoms with E-state index in [1.165, 1.54) is 0 Å². The van der Waals surface area contributed by atoms with Crippen LogP contribution in [0.4, 0.5) is 5.69 Å². The maximum atomic E-state index is 11.1. The zero-order valence-corrected chi connectivity index (χ0v) is 13.4. The number of thiazole rings is 1. The smallest absolute Gasteiger partial charge is 0.347 e. The molecule has 0 unspecified atom stereocenters. The first-order chi connectivity index (χ1) is 11.1. The Morgan fingerprint density at radius 2 is 2.17 bits per heavy atom. The van der Waals surface area contributed by atoms with E-state index in [0.717, 1.165) is 35.7 Å². The Morgan fingerprint density at radius 3 is 2.78 bits per heavy atom. The second-order valence-corrected chi connectivity index (χ2v) is 6.18. The number of rotatable bonds is 3. The van der Waals surface area contributed by atoms with Crippen molar-refractivity contribution in [1.82, 2.24) is 4.98 Å². The maximum Gasteiger partial charge on any atom is 0.347 e. The summed E-state index contributed by atoms with van der Waals surface area (Å²) >= 11 is 1.13. The molecule has 1 aliphatic rings. The molecule has 1 aliphatic heterocycles. The van der Waals surface area contributed by atoms with Crippen molar-refractivity contribution < 1.29 is 14.6 Å². The molecule has 0 saturated carbocycles. The average molecular weight is 329 g/mol. The van der Waals surface area contributed by atoms with Crippen LogP contribution in [0.25, 0.3) is 10.6 Å². The van der Waals surface area contributed by atoms with Gasteiger partial charge in [-0.25, -0.2) is 9.78 Å². The third-order valence-corrected chi connectivity index (χ3v) is 4.90. The molecule has 0 amide bonds. The van der Waals surface area contributed by atoms with Crippen molar-refractivity contribution in [3.8, 4) is 16.6 Å². The standard InChI is InChI=1S/C16H15N3O3S/c1-10-14(16(20)21)23-15(18-10)11-2-3-13(12(8-11)9-17)19-4-6-22-7-5-19/h2-3,8H,4-7H2,1H3,(H,20,21). The van der Waals surface area contributed by atoms with Crippen molar-refractivity contribution in [2.45, 2.75) is 6.92 Å². The van der Waals surface area contributed by atoms with E-state index >= 15 is 0 Å². The summed E-state index contributed by atoms with van der Waals surface area (Å²) in [6, 6.07) is 7.78. The Morgan fingerprint density at radius 1 is 1.43 bits per heavy atom. The second-order valence-electron chi connectivity index (χ2n) is 5.18. The maximum absolute atomic E-state index is 11.1. The van der Waals surface area contributed by atoms with Crippen molar-refractivity contribution in [3.63, 3.8) is 0 Å². The van der Waals surface area contributed by atoms with Crippen LogP contribution in [0.5, 0.6) is 0 Å². The predicted octanol–water partition coefficient (Wildman–Crippen LogP) is 2.53. The van der Waals surface area contributed by atoms with E-state index in [1.807, 2.05) is 12.1 Å². The SMILES string of the molecule is Cc1nc(-c2ccc(N3CCOCC3)c(C#N)c2)sc1C(=O)O. The van der Waals surface area contributed by atoms with Crippen LogP contribution in [-0.2, 0) is 4.74 Å². The van der Waals surface area contributed by atoms with E-state index in [0.29, 0.717) is 29.5 Å². The number of aryl methyl sites for hydroxylation is 1. The number of hydrogen-bond acceptors (Lipinski definition) is 6. The summed E-state index contributed by atoms with van der Waals surface area (Å²) in [5, 5.41) is 19.2. The van der Waals surface area contributed by atoms with Gasteiger partial charge in [0.25, 0.3) is 0 Å². The van der Waals surface area contributed by atoms with Crippen LogP contribution in [-0.4, -0.2) is 42.4 Å². The molecule has 1 N–H and O–H groups in total. The third-order valence-electron chi connectivity index (χ3n) is 3.71. The van der Waals surface area contributed by atoms with Crippen LogP contribution < -0.4 is 4.90 Å². The molecule has 0 spiro atoms. The summed E-state index contributed by atoms with van der Waals surface area (Å²) < 4.78 is 5.34. The summed E-state index contributed by atoms with van der Waals surface area (Å²) in [6.07, 6.45) is 0. The number of carboxylic acid groups (broad SMARTS) is 1. The number of aromatic carboxylic acids is 1. The van der Waals surface area contributed by atoms with Gasteiger partial charge >= 0.3 is 5.97 Å². The topological polar surface area (TPSA) is 86.5 Å². The van der Waals surface area contributed by atoms with Gasteiger partial charge in [0.1, 0.15) is 16.0 Å². The molecule has 1 fully saturated rings. The number of nitriles is 1. The molecule has 3 rings (SSSR count).